The van der Waals surface area contributed by atoms with Crippen molar-refractivity contribution in [2.45, 2.75) is 0 Å². The third-order valence-corrected chi connectivity index (χ3v) is 5.07. The van der Waals surface area contributed by atoms with Crippen LogP contribution in [0.2, 0.25) is 0 Å². The van der Waals surface area contributed by atoms with Crippen molar-refractivity contribution < 1.29 is 0 Å². The number of rotatable bonds is 2. The van der Waals surface area contributed by atoms with Crippen LogP contribution in [0.4, 0.5) is 0 Å². The zero-order valence-electron chi connectivity index (χ0n) is 14.4. The Bertz CT molecular complexity index is 1230. The van der Waals surface area contributed by atoms with Crippen LogP contribution in [0, 0.1) is 0 Å². The summed E-state index contributed by atoms with van der Waals surface area (Å²) in [6.45, 7) is 0. The Morgan fingerprint density at radius 1 is 0.346 bits per heavy atom. The Balaban J connectivity index is 1.76. The number of hydrogen-bond donors (Lipinski definition) is 0. The first-order chi connectivity index (χ1) is 12.9. The lowest BCUT2D eigenvalue weighted by Gasteiger charge is -2.13. The van der Waals surface area contributed by atoms with Crippen molar-refractivity contribution in [3.8, 4) is 22.3 Å². The van der Waals surface area contributed by atoms with Crippen LogP contribution in [0.1, 0.15) is 0 Å². The summed E-state index contributed by atoms with van der Waals surface area (Å²) in [5.41, 5.74) is 5.09. The number of hydrogen-bond acceptors (Lipinski definition) is 0. The molecule has 122 valence electrons. The van der Waals surface area contributed by atoms with Gasteiger partial charge in [-0.1, -0.05) is 103 Å². The zero-order valence-corrected chi connectivity index (χ0v) is 14.4. The van der Waals surface area contributed by atoms with E-state index in [0.717, 1.165) is 0 Å². The van der Waals surface area contributed by atoms with E-state index in [2.05, 4.69) is 109 Å². The summed E-state index contributed by atoms with van der Waals surface area (Å²) in [5.74, 6) is 0. The molecule has 5 aromatic rings. The molecule has 0 amide bonds. The highest BCUT2D eigenvalue weighted by Gasteiger charge is 2.10. The third kappa shape index (κ3) is 2.48. The molecule has 0 atom stereocenters. The number of benzene rings is 5. The minimum atomic E-state index is 1.26. The molecule has 0 aromatic heterocycles. The van der Waals surface area contributed by atoms with Gasteiger partial charge >= 0.3 is 0 Å². The summed E-state index contributed by atoms with van der Waals surface area (Å²) < 4.78 is 0. The first kappa shape index (κ1) is 14.9. The summed E-state index contributed by atoms with van der Waals surface area (Å²) in [7, 11) is 0. The van der Waals surface area contributed by atoms with Gasteiger partial charge in [0, 0.05) is 0 Å². The van der Waals surface area contributed by atoms with Gasteiger partial charge in [-0.15, -0.1) is 0 Å². The quantitative estimate of drug-likeness (QED) is 0.318. The highest BCUT2D eigenvalue weighted by Crippen LogP contribution is 2.36. The van der Waals surface area contributed by atoms with E-state index in [9.17, 15) is 0 Å². The smallest absolute Gasteiger partial charge is 0.00992 e. The van der Waals surface area contributed by atoms with Crippen LogP contribution in [0.15, 0.2) is 109 Å². The van der Waals surface area contributed by atoms with Gasteiger partial charge in [0.25, 0.3) is 0 Å². The largest absolute Gasteiger partial charge is 0.0616 e. The lowest BCUT2D eigenvalue weighted by atomic mass is 9.91. The van der Waals surface area contributed by atoms with Gasteiger partial charge in [-0.2, -0.15) is 0 Å². The van der Waals surface area contributed by atoms with Gasteiger partial charge in [0.1, 0.15) is 0 Å². The topological polar surface area (TPSA) is 0 Å². The van der Waals surface area contributed by atoms with Crippen molar-refractivity contribution in [2.75, 3.05) is 0 Å². The zero-order chi connectivity index (χ0) is 17.3. The van der Waals surface area contributed by atoms with E-state index in [1.807, 2.05) is 0 Å². The van der Waals surface area contributed by atoms with Gasteiger partial charge in [0.2, 0.25) is 0 Å². The molecular formula is C26H18. The Kier molecular flexibility index (Phi) is 3.54. The van der Waals surface area contributed by atoms with Gasteiger partial charge in [0.15, 0.2) is 0 Å². The molecule has 0 unspecified atom stereocenters. The summed E-state index contributed by atoms with van der Waals surface area (Å²) >= 11 is 0. The minimum Gasteiger partial charge on any atom is -0.0616 e. The molecular weight excluding hydrogens is 312 g/mol. The maximum Gasteiger partial charge on any atom is -0.00992 e. The minimum absolute atomic E-state index is 1.26. The fourth-order valence-electron chi connectivity index (χ4n) is 3.79. The fraction of sp³-hybridized carbons (Fsp3) is 0. The van der Waals surface area contributed by atoms with Gasteiger partial charge in [-0.25, -0.2) is 0 Å². The molecule has 0 heterocycles. The van der Waals surface area contributed by atoms with Gasteiger partial charge in [-0.3, -0.25) is 0 Å². The highest BCUT2D eigenvalue weighted by atomic mass is 14.1. The van der Waals surface area contributed by atoms with E-state index in [4.69, 9.17) is 0 Å². The summed E-state index contributed by atoms with van der Waals surface area (Å²) in [6.07, 6.45) is 0. The van der Waals surface area contributed by atoms with E-state index < -0.39 is 0 Å². The van der Waals surface area contributed by atoms with Crippen LogP contribution in [-0.4, -0.2) is 0 Å². The fourth-order valence-corrected chi connectivity index (χ4v) is 3.79. The average Bonchev–Trinajstić information content (AvgIpc) is 2.73. The van der Waals surface area contributed by atoms with Crippen molar-refractivity contribution in [2.24, 2.45) is 0 Å². The molecule has 5 aromatic carbocycles. The van der Waals surface area contributed by atoms with Gasteiger partial charge in [0.05, 0.1) is 0 Å². The molecule has 0 saturated carbocycles. The molecule has 0 aliphatic rings. The SMILES string of the molecule is c1ccc(-c2cccc3ccccc23)c(-c2ccc3ccccc3c2)c1. The second kappa shape index (κ2) is 6.16. The van der Waals surface area contributed by atoms with Crippen molar-refractivity contribution in [1.82, 2.24) is 0 Å². The van der Waals surface area contributed by atoms with Crippen molar-refractivity contribution in [3.05, 3.63) is 109 Å². The lowest BCUT2D eigenvalue weighted by molar-refractivity contribution is 1.61. The number of fused-ring (bicyclic) bond motifs is 2. The average molecular weight is 330 g/mol. The first-order valence-electron chi connectivity index (χ1n) is 8.96. The third-order valence-electron chi connectivity index (χ3n) is 5.07. The normalized spacial score (nSPS) is 11.1. The lowest BCUT2D eigenvalue weighted by Crippen LogP contribution is -1.87. The van der Waals surface area contributed by atoms with E-state index in [-0.39, 0.29) is 0 Å². The van der Waals surface area contributed by atoms with Crippen LogP contribution < -0.4 is 0 Å². The van der Waals surface area contributed by atoms with Gasteiger partial charge < -0.3 is 0 Å². The first-order valence-corrected chi connectivity index (χ1v) is 8.96. The Hall–Kier alpha value is -3.38. The van der Waals surface area contributed by atoms with Crippen LogP contribution in [0.25, 0.3) is 43.8 Å². The molecule has 0 N–H and O–H groups in total. The Morgan fingerprint density at radius 2 is 0.962 bits per heavy atom. The van der Waals surface area contributed by atoms with Crippen LogP contribution in [0.5, 0.6) is 0 Å². The molecule has 0 aliphatic heterocycles. The van der Waals surface area contributed by atoms with Gasteiger partial charge in [-0.05, 0) is 49.9 Å². The maximum absolute atomic E-state index is 2.29. The highest BCUT2D eigenvalue weighted by molar-refractivity contribution is 6.01. The molecule has 5 rings (SSSR count). The van der Waals surface area contributed by atoms with Crippen LogP contribution in [0.3, 0.4) is 0 Å². The molecule has 0 radical (unpaired) electrons. The monoisotopic (exact) mass is 330 g/mol. The van der Waals surface area contributed by atoms with E-state index in [1.165, 1.54) is 43.8 Å². The van der Waals surface area contributed by atoms with E-state index in [1.54, 1.807) is 0 Å². The molecule has 0 saturated heterocycles. The summed E-state index contributed by atoms with van der Waals surface area (Å²) in [5, 5.41) is 5.12. The molecule has 0 aliphatic carbocycles. The van der Waals surface area contributed by atoms with E-state index >= 15 is 0 Å². The van der Waals surface area contributed by atoms with Crippen molar-refractivity contribution in [3.63, 3.8) is 0 Å². The summed E-state index contributed by atoms with van der Waals surface area (Å²) in [4.78, 5) is 0. The molecule has 0 bridgehead atoms. The maximum atomic E-state index is 2.29. The molecule has 0 fully saturated rings. The standard InChI is InChI=1S/C26H18/c1-2-10-21-18-22(17-16-19(21)8-1)24-13-5-6-14-25(24)26-15-7-11-20-9-3-4-12-23(20)26/h1-18H. The predicted octanol–water partition coefficient (Wildman–Crippen LogP) is 7.33. The Labute approximate surface area is 153 Å². The second-order valence-electron chi connectivity index (χ2n) is 6.63. The molecule has 0 nitrogen and oxygen atoms in total. The van der Waals surface area contributed by atoms with Crippen molar-refractivity contribution >= 4 is 21.5 Å². The second-order valence-corrected chi connectivity index (χ2v) is 6.63. The molecule has 26 heavy (non-hydrogen) atoms. The Morgan fingerprint density at radius 3 is 1.85 bits per heavy atom. The molecule has 0 spiro atoms. The van der Waals surface area contributed by atoms with E-state index in [0.29, 0.717) is 0 Å². The summed E-state index contributed by atoms with van der Waals surface area (Å²) in [6, 6.07) is 39.1. The molecule has 0 heteroatoms. The van der Waals surface area contributed by atoms with Crippen molar-refractivity contribution in [1.29, 1.82) is 0 Å². The van der Waals surface area contributed by atoms with Crippen LogP contribution >= 0.6 is 0 Å². The predicted molar refractivity (Wildman–Crippen MR) is 112 cm³/mol. The van der Waals surface area contributed by atoms with Crippen LogP contribution in [-0.2, 0) is 0 Å².